The number of nitrogens with zero attached hydrogens (tertiary/aromatic N) is 1. The van der Waals surface area contributed by atoms with Gasteiger partial charge in [-0.25, -0.2) is 0 Å². The summed E-state index contributed by atoms with van der Waals surface area (Å²) in [6, 6.07) is 9.17. The first kappa shape index (κ1) is 16.2. The predicted octanol–water partition coefficient (Wildman–Crippen LogP) is 3.22. The summed E-state index contributed by atoms with van der Waals surface area (Å²) in [5.74, 6) is 1.24. The van der Waals surface area contributed by atoms with Crippen molar-refractivity contribution in [3.8, 4) is 11.5 Å². The van der Waals surface area contributed by atoms with Crippen LogP contribution in [0.15, 0.2) is 47.6 Å². The third-order valence-electron chi connectivity index (χ3n) is 2.97. The molecule has 0 fully saturated rings. The highest BCUT2D eigenvalue weighted by Gasteiger charge is 2.16. The van der Waals surface area contributed by atoms with Crippen molar-refractivity contribution in [3.05, 3.63) is 42.7 Å². The highest BCUT2D eigenvalue weighted by atomic mass is 32.2. The van der Waals surface area contributed by atoms with Gasteiger partial charge in [-0.2, -0.15) is 0 Å². The van der Waals surface area contributed by atoms with Crippen LogP contribution in [0.25, 0.3) is 0 Å². The molecule has 1 aromatic carbocycles. The van der Waals surface area contributed by atoms with Crippen molar-refractivity contribution in [1.82, 2.24) is 4.98 Å². The zero-order chi connectivity index (χ0) is 15.9. The molecule has 0 saturated carbocycles. The van der Waals surface area contributed by atoms with Gasteiger partial charge in [0, 0.05) is 11.1 Å². The molecule has 22 heavy (non-hydrogen) atoms. The van der Waals surface area contributed by atoms with Crippen molar-refractivity contribution in [1.29, 1.82) is 0 Å². The van der Waals surface area contributed by atoms with Crippen LogP contribution >= 0.6 is 11.8 Å². The molecule has 0 radical (unpaired) electrons. The molecule has 0 aliphatic carbocycles. The fraction of sp³-hybridized carbons (Fsp3) is 0.250. The van der Waals surface area contributed by atoms with Crippen LogP contribution in [-0.2, 0) is 4.79 Å². The van der Waals surface area contributed by atoms with Gasteiger partial charge in [0.1, 0.15) is 0 Å². The molecule has 0 aliphatic rings. The molecule has 0 aliphatic heterocycles. The van der Waals surface area contributed by atoms with E-state index in [4.69, 9.17) is 9.47 Å². The number of amides is 1. The Morgan fingerprint density at radius 3 is 2.64 bits per heavy atom. The summed E-state index contributed by atoms with van der Waals surface area (Å²) in [4.78, 5) is 17.1. The summed E-state index contributed by atoms with van der Waals surface area (Å²) >= 11 is 1.45. The van der Waals surface area contributed by atoms with Crippen molar-refractivity contribution in [2.24, 2.45) is 0 Å². The number of nitrogens with one attached hydrogen (secondary N) is 1. The van der Waals surface area contributed by atoms with Gasteiger partial charge >= 0.3 is 0 Å². The Balaban J connectivity index is 2.02. The van der Waals surface area contributed by atoms with E-state index in [1.807, 2.05) is 25.1 Å². The summed E-state index contributed by atoms with van der Waals surface area (Å²) < 4.78 is 10.5. The van der Waals surface area contributed by atoms with Crippen LogP contribution in [0, 0.1) is 0 Å². The zero-order valence-corrected chi connectivity index (χ0v) is 13.5. The lowest BCUT2D eigenvalue weighted by Gasteiger charge is -2.13. The molecule has 0 bridgehead atoms. The Morgan fingerprint density at radius 2 is 2.00 bits per heavy atom. The Kier molecular flexibility index (Phi) is 5.66. The average molecular weight is 318 g/mol. The molecule has 2 rings (SSSR count). The van der Waals surface area contributed by atoms with Crippen molar-refractivity contribution in [2.45, 2.75) is 17.1 Å². The topological polar surface area (TPSA) is 60.5 Å². The number of ether oxygens (including phenoxy) is 2. The van der Waals surface area contributed by atoms with Gasteiger partial charge in [-0.1, -0.05) is 0 Å². The van der Waals surface area contributed by atoms with E-state index in [9.17, 15) is 4.79 Å². The number of hydrogen-bond donors (Lipinski definition) is 1. The monoisotopic (exact) mass is 318 g/mol. The first-order chi connectivity index (χ1) is 10.6. The number of benzene rings is 1. The summed E-state index contributed by atoms with van der Waals surface area (Å²) in [6.07, 6.45) is 3.28. The van der Waals surface area contributed by atoms with Crippen molar-refractivity contribution in [2.75, 3.05) is 19.5 Å². The third-order valence-corrected chi connectivity index (χ3v) is 4.06. The van der Waals surface area contributed by atoms with Crippen LogP contribution in [0.1, 0.15) is 6.92 Å². The lowest BCUT2D eigenvalue weighted by atomic mass is 10.3. The Labute approximate surface area is 134 Å². The van der Waals surface area contributed by atoms with E-state index < -0.39 is 0 Å². The second-order valence-electron chi connectivity index (χ2n) is 4.51. The molecule has 1 N–H and O–H groups in total. The van der Waals surface area contributed by atoms with Crippen molar-refractivity contribution >= 4 is 23.4 Å². The minimum Gasteiger partial charge on any atom is -0.493 e. The normalized spacial score (nSPS) is 11.6. The molecule has 0 saturated heterocycles. The molecule has 2 aromatic rings. The zero-order valence-electron chi connectivity index (χ0n) is 12.7. The van der Waals surface area contributed by atoms with Crippen LogP contribution in [0.2, 0.25) is 0 Å². The van der Waals surface area contributed by atoms with E-state index in [0.29, 0.717) is 17.2 Å². The SMILES string of the molecule is COc1ccc(S[C@H](C)C(=O)Nc2cccnc2)cc1OC. The predicted molar refractivity (Wildman–Crippen MR) is 87.7 cm³/mol. The summed E-state index contributed by atoms with van der Waals surface area (Å²) in [7, 11) is 3.18. The van der Waals surface area contributed by atoms with E-state index in [0.717, 1.165) is 4.90 Å². The van der Waals surface area contributed by atoms with Gasteiger partial charge in [-0.3, -0.25) is 9.78 Å². The van der Waals surface area contributed by atoms with Gasteiger partial charge in [-0.05, 0) is 37.3 Å². The number of anilines is 1. The molecule has 0 spiro atoms. The molecule has 5 nitrogen and oxygen atoms in total. The first-order valence-electron chi connectivity index (χ1n) is 6.73. The second kappa shape index (κ2) is 7.70. The quantitative estimate of drug-likeness (QED) is 0.829. The summed E-state index contributed by atoms with van der Waals surface area (Å²) in [5.41, 5.74) is 0.687. The minimum atomic E-state index is -0.252. The van der Waals surface area contributed by atoms with E-state index in [2.05, 4.69) is 10.3 Å². The summed E-state index contributed by atoms with van der Waals surface area (Å²) in [6.45, 7) is 1.85. The van der Waals surface area contributed by atoms with Gasteiger partial charge in [-0.15, -0.1) is 11.8 Å². The van der Waals surface area contributed by atoms with Crippen LogP contribution in [0.3, 0.4) is 0 Å². The number of methoxy groups -OCH3 is 2. The number of hydrogen-bond acceptors (Lipinski definition) is 5. The molecule has 1 heterocycles. The summed E-state index contributed by atoms with van der Waals surface area (Å²) in [5, 5.41) is 2.58. The van der Waals surface area contributed by atoms with Crippen LogP contribution in [-0.4, -0.2) is 30.4 Å². The molecular weight excluding hydrogens is 300 g/mol. The maximum Gasteiger partial charge on any atom is 0.237 e. The Hall–Kier alpha value is -2.21. The molecule has 116 valence electrons. The molecule has 6 heteroatoms. The third kappa shape index (κ3) is 4.14. The number of rotatable bonds is 6. The number of carbonyl (C=O) groups excluding carboxylic acids is 1. The van der Waals surface area contributed by atoms with Crippen LogP contribution in [0.5, 0.6) is 11.5 Å². The van der Waals surface area contributed by atoms with E-state index in [1.165, 1.54) is 11.8 Å². The van der Waals surface area contributed by atoms with Crippen LogP contribution in [0.4, 0.5) is 5.69 Å². The second-order valence-corrected chi connectivity index (χ2v) is 5.92. The standard InChI is InChI=1S/C16H18N2O3S/c1-11(16(19)18-12-5-4-8-17-10-12)22-13-6-7-14(20-2)15(9-13)21-3/h4-11H,1-3H3,(H,18,19)/t11-/m1/s1. The molecule has 0 unspecified atom stereocenters. The van der Waals surface area contributed by atoms with Gasteiger partial charge in [0.2, 0.25) is 5.91 Å². The van der Waals surface area contributed by atoms with E-state index in [-0.39, 0.29) is 11.2 Å². The van der Waals surface area contributed by atoms with Crippen molar-refractivity contribution < 1.29 is 14.3 Å². The molecule has 1 amide bonds. The fourth-order valence-corrected chi connectivity index (χ4v) is 2.72. The minimum absolute atomic E-state index is 0.0761. The number of thioether (sulfide) groups is 1. The maximum atomic E-state index is 12.2. The molecule has 1 aromatic heterocycles. The number of aromatic nitrogens is 1. The smallest absolute Gasteiger partial charge is 0.237 e. The maximum absolute atomic E-state index is 12.2. The van der Waals surface area contributed by atoms with Crippen molar-refractivity contribution in [3.63, 3.8) is 0 Å². The number of carbonyl (C=O) groups is 1. The first-order valence-corrected chi connectivity index (χ1v) is 7.61. The van der Waals surface area contributed by atoms with Gasteiger partial charge in [0.15, 0.2) is 11.5 Å². The average Bonchev–Trinajstić information content (AvgIpc) is 2.55. The Bertz CT molecular complexity index is 635. The van der Waals surface area contributed by atoms with Crippen LogP contribution < -0.4 is 14.8 Å². The highest BCUT2D eigenvalue weighted by Crippen LogP contribution is 2.33. The lowest BCUT2D eigenvalue weighted by molar-refractivity contribution is -0.115. The molecule has 1 atom stereocenters. The largest absolute Gasteiger partial charge is 0.493 e. The number of pyridine rings is 1. The van der Waals surface area contributed by atoms with Gasteiger partial charge in [0.25, 0.3) is 0 Å². The fourth-order valence-electron chi connectivity index (χ4n) is 1.83. The molecular formula is C16H18N2O3S. The van der Waals surface area contributed by atoms with Gasteiger partial charge < -0.3 is 14.8 Å². The Morgan fingerprint density at radius 1 is 1.23 bits per heavy atom. The lowest BCUT2D eigenvalue weighted by Crippen LogP contribution is -2.22. The van der Waals surface area contributed by atoms with E-state index >= 15 is 0 Å². The van der Waals surface area contributed by atoms with Gasteiger partial charge in [0.05, 0.1) is 31.4 Å². The van der Waals surface area contributed by atoms with E-state index in [1.54, 1.807) is 38.7 Å². The highest BCUT2D eigenvalue weighted by molar-refractivity contribution is 8.00.